The van der Waals surface area contributed by atoms with E-state index in [4.69, 9.17) is 17.0 Å². The highest BCUT2D eigenvalue weighted by atomic mass is 32.2. The number of thiocarbonyl (C=S) groups is 1. The molecule has 0 bridgehead atoms. The molecule has 0 unspecified atom stereocenters. The molecule has 0 heterocycles. The summed E-state index contributed by atoms with van der Waals surface area (Å²) in [6, 6.07) is 11.3. The summed E-state index contributed by atoms with van der Waals surface area (Å²) in [5, 5.41) is 5.14. The zero-order chi connectivity index (χ0) is 22.9. The first-order valence-corrected chi connectivity index (χ1v) is 10.3. The fourth-order valence-corrected chi connectivity index (χ4v) is 2.99. The highest BCUT2D eigenvalue weighted by Gasteiger charge is 2.30. The van der Waals surface area contributed by atoms with Crippen molar-refractivity contribution in [2.45, 2.75) is 6.18 Å². The Labute approximate surface area is 186 Å². The summed E-state index contributed by atoms with van der Waals surface area (Å²) in [5.74, 6) is -0.0631. The van der Waals surface area contributed by atoms with E-state index in [1.54, 1.807) is 24.3 Å². The van der Waals surface area contributed by atoms with Crippen LogP contribution in [0.3, 0.4) is 0 Å². The second kappa shape index (κ2) is 11.4. The Kier molecular flexibility index (Phi) is 8.94. The molecular weight excluding hydrogens is 453 g/mol. The van der Waals surface area contributed by atoms with Gasteiger partial charge in [-0.3, -0.25) is 20.4 Å². The van der Waals surface area contributed by atoms with E-state index in [0.717, 1.165) is 23.9 Å². The molecule has 2 aromatic rings. The SMILES string of the molecule is COc1ccc(NC(=O)CSCC(=O)NNC(=S)Nc2cccc(C(F)(F)F)c2)cc1. The fourth-order valence-electron chi connectivity index (χ4n) is 2.21. The van der Waals surface area contributed by atoms with Crippen LogP contribution in [0.25, 0.3) is 0 Å². The highest BCUT2D eigenvalue weighted by Crippen LogP contribution is 2.30. The van der Waals surface area contributed by atoms with Gasteiger partial charge in [0.15, 0.2) is 5.11 Å². The number of hydrogen-bond acceptors (Lipinski definition) is 5. The monoisotopic (exact) mass is 472 g/mol. The molecule has 4 N–H and O–H groups in total. The number of alkyl halides is 3. The van der Waals surface area contributed by atoms with E-state index in [0.29, 0.717) is 11.4 Å². The van der Waals surface area contributed by atoms with Crippen LogP contribution >= 0.6 is 24.0 Å². The molecule has 0 fully saturated rings. The Morgan fingerprint density at radius 3 is 2.29 bits per heavy atom. The number of carbonyl (C=O) groups is 2. The predicted molar refractivity (Wildman–Crippen MR) is 118 cm³/mol. The molecule has 0 aliphatic heterocycles. The van der Waals surface area contributed by atoms with E-state index in [2.05, 4.69) is 21.5 Å². The maximum absolute atomic E-state index is 12.7. The maximum atomic E-state index is 12.7. The van der Waals surface area contributed by atoms with E-state index in [9.17, 15) is 22.8 Å². The Bertz CT molecular complexity index is 924. The number of ether oxygens (including phenoxy) is 1. The third kappa shape index (κ3) is 8.72. The van der Waals surface area contributed by atoms with Gasteiger partial charge in [-0.15, -0.1) is 11.8 Å². The van der Waals surface area contributed by atoms with E-state index >= 15 is 0 Å². The zero-order valence-electron chi connectivity index (χ0n) is 16.2. The van der Waals surface area contributed by atoms with Crippen LogP contribution in [-0.4, -0.2) is 35.5 Å². The summed E-state index contributed by atoms with van der Waals surface area (Å²) in [5.41, 5.74) is 4.59. The van der Waals surface area contributed by atoms with Gasteiger partial charge in [0, 0.05) is 11.4 Å². The molecule has 0 spiro atoms. The van der Waals surface area contributed by atoms with Crippen LogP contribution in [0.5, 0.6) is 5.75 Å². The number of amides is 2. The van der Waals surface area contributed by atoms with E-state index < -0.39 is 17.6 Å². The van der Waals surface area contributed by atoms with Gasteiger partial charge >= 0.3 is 6.18 Å². The first-order chi connectivity index (χ1) is 14.7. The van der Waals surface area contributed by atoms with Crippen LogP contribution in [0.1, 0.15) is 5.56 Å². The third-order valence-corrected chi connectivity index (χ3v) is 4.74. The van der Waals surface area contributed by atoms with Crippen LogP contribution in [0, 0.1) is 0 Å². The van der Waals surface area contributed by atoms with Crippen molar-refractivity contribution in [2.75, 3.05) is 29.2 Å². The average Bonchev–Trinajstić information content (AvgIpc) is 2.72. The zero-order valence-corrected chi connectivity index (χ0v) is 17.8. The van der Waals surface area contributed by atoms with Gasteiger partial charge in [0.05, 0.1) is 24.2 Å². The minimum atomic E-state index is -4.47. The van der Waals surface area contributed by atoms with Crippen LogP contribution < -0.4 is 26.2 Å². The normalized spacial score (nSPS) is 10.7. The van der Waals surface area contributed by atoms with Crippen molar-refractivity contribution in [3.05, 3.63) is 54.1 Å². The first-order valence-electron chi connectivity index (χ1n) is 8.72. The van der Waals surface area contributed by atoms with Crippen LogP contribution in [0.2, 0.25) is 0 Å². The van der Waals surface area contributed by atoms with Gasteiger partial charge in [0.25, 0.3) is 0 Å². The first kappa shape index (κ1) is 24.3. The molecule has 166 valence electrons. The van der Waals surface area contributed by atoms with Crippen LogP contribution in [-0.2, 0) is 15.8 Å². The minimum absolute atomic E-state index is 0.0325. The van der Waals surface area contributed by atoms with Gasteiger partial charge in [-0.05, 0) is 54.7 Å². The molecule has 12 heteroatoms. The minimum Gasteiger partial charge on any atom is -0.497 e. The Hall–Kier alpha value is -2.99. The van der Waals surface area contributed by atoms with Crippen molar-refractivity contribution in [3.63, 3.8) is 0 Å². The topological polar surface area (TPSA) is 91.5 Å². The van der Waals surface area contributed by atoms with Gasteiger partial charge < -0.3 is 15.4 Å². The molecule has 0 atom stereocenters. The van der Waals surface area contributed by atoms with Gasteiger partial charge in [-0.1, -0.05) is 6.07 Å². The Morgan fingerprint density at radius 1 is 0.968 bits per heavy atom. The van der Waals surface area contributed by atoms with Gasteiger partial charge in [-0.2, -0.15) is 13.2 Å². The molecule has 0 aliphatic rings. The second-order valence-corrected chi connectivity index (χ2v) is 7.37. The Balaban J connectivity index is 1.67. The highest BCUT2D eigenvalue weighted by molar-refractivity contribution is 8.00. The molecule has 7 nitrogen and oxygen atoms in total. The number of anilines is 2. The quantitative estimate of drug-likeness (QED) is 0.363. The number of halogens is 3. The standard InChI is InChI=1S/C19H19F3N4O3S2/c1-29-15-7-5-13(6-8-15)23-16(27)10-31-11-17(28)25-26-18(30)24-14-4-2-3-12(9-14)19(20,21)22/h2-9H,10-11H2,1H3,(H,23,27)(H,25,28)(H2,24,26,30). The smallest absolute Gasteiger partial charge is 0.416 e. The molecule has 0 saturated carbocycles. The Morgan fingerprint density at radius 2 is 1.65 bits per heavy atom. The van der Waals surface area contributed by atoms with E-state index in [1.807, 2.05) is 0 Å². The number of thioether (sulfide) groups is 1. The van der Waals surface area contributed by atoms with Crippen molar-refractivity contribution in [2.24, 2.45) is 0 Å². The number of nitrogens with one attached hydrogen (secondary N) is 4. The number of hydrazine groups is 1. The molecule has 0 saturated heterocycles. The predicted octanol–water partition coefficient (Wildman–Crippen LogP) is 3.40. The summed E-state index contributed by atoms with van der Waals surface area (Å²) in [6.45, 7) is 0. The number of hydrogen-bond donors (Lipinski definition) is 4. The lowest BCUT2D eigenvalue weighted by atomic mass is 10.2. The number of rotatable bonds is 7. The van der Waals surface area contributed by atoms with Gasteiger partial charge in [0.1, 0.15) is 5.75 Å². The van der Waals surface area contributed by atoms with Crippen LogP contribution in [0.15, 0.2) is 48.5 Å². The summed E-state index contributed by atoms with van der Waals surface area (Å²) >= 11 is 6.02. The lowest BCUT2D eigenvalue weighted by Gasteiger charge is -2.13. The fraction of sp³-hybridized carbons (Fsp3) is 0.211. The molecule has 0 aromatic heterocycles. The number of carbonyl (C=O) groups excluding carboxylic acids is 2. The molecular formula is C19H19F3N4O3S2. The molecule has 2 aromatic carbocycles. The lowest BCUT2D eigenvalue weighted by Crippen LogP contribution is -2.44. The van der Waals surface area contributed by atoms with Crippen molar-refractivity contribution in [3.8, 4) is 5.75 Å². The molecule has 0 radical (unpaired) electrons. The lowest BCUT2D eigenvalue weighted by molar-refractivity contribution is -0.137. The second-order valence-electron chi connectivity index (χ2n) is 5.98. The summed E-state index contributed by atoms with van der Waals surface area (Å²) in [7, 11) is 1.54. The average molecular weight is 473 g/mol. The summed E-state index contributed by atoms with van der Waals surface area (Å²) in [6.07, 6.45) is -4.47. The van der Waals surface area contributed by atoms with Crippen molar-refractivity contribution in [1.29, 1.82) is 0 Å². The van der Waals surface area contributed by atoms with Crippen molar-refractivity contribution < 1.29 is 27.5 Å². The molecule has 2 rings (SSSR count). The van der Waals surface area contributed by atoms with Crippen molar-refractivity contribution in [1.82, 2.24) is 10.9 Å². The number of methoxy groups -OCH3 is 1. The van der Waals surface area contributed by atoms with Crippen molar-refractivity contribution >= 4 is 52.3 Å². The van der Waals surface area contributed by atoms with E-state index in [1.165, 1.54) is 19.2 Å². The largest absolute Gasteiger partial charge is 0.497 e. The number of benzene rings is 2. The molecule has 0 aliphatic carbocycles. The van der Waals surface area contributed by atoms with E-state index in [-0.39, 0.29) is 28.2 Å². The summed E-state index contributed by atoms with van der Waals surface area (Å²) < 4.78 is 43.2. The summed E-state index contributed by atoms with van der Waals surface area (Å²) in [4.78, 5) is 23.7. The molecule has 31 heavy (non-hydrogen) atoms. The van der Waals surface area contributed by atoms with Gasteiger partial charge in [-0.25, -0.2) is 0 Å². The van der Waals surface area contributed by atoms with Gasteiger partial charge in [0.2, 0.25) is 11.8 Å². The van der Waals surface area contributed by atoms with Crippen LogP contribution in [0.4, 0.5) is 24.5 Å². The molecule has 2 amide bonds. The maximum Gasteiger partial charge on any atom is 0.416 e. The third-order valence-electron chi connectivity index (χ3n) is 3.60.